The summed E-state index contributed by atoms with van der Waals surface area (Å²) in [6, 6.07) is 9.15. The van der Waals surface area contributed by atoms with Gasteiger partial charge in [-0.3, -0.25) is 0 Å². The highest BCUT2D eigenvalue weighted by Gasteiger charge is 2.20. The van der Waals surface area contributed by atoms with Crippen LogP contribution < -0.4 is 0 Å². The van der Waals surface area contributed by atoms with Gasteiger partial charge in [0.15, 0.2) is 0 Å². The van der Waals surface area contributed by atoms with Gasteiger partial charge in [0.1, 0.15) is 0 Å². The van der Waals surface area contributed by atoms with Crippen molar-refractivity contribution in [1.29, 1.82) is 0 Å². The summed E-state index contributed by atoms with van der Waals surface area (Å²) in [7, 11) is 2.16. The number of rotatable bonds is 6. The predicted molar refractivity (Wildman–Crippen MR) is 84.9 cm³/mol. The Morgan fingerprint density at radius 3 is 2.40 bits per heavy atom. The number of aliphatic hydroxyl groups is 1. The molecule has 20 heavy (non-hydrogen) atoms. The minimum atomic E-state index is -0.363. The van der Waals surface area contributed by atoms with E-state index in [0.29, 0.717) is 6.04 Å². The van der Waals surface area contributed by atoms with Crippen molar-refractivity contribution in [1.82, 2.24) is 4.90 Å². The second kappa shape index (κ2) is 7.80. The van der Waals surface area contributed by atoms with Gasteiger partial charge in [-0.1, -0.05) is 56.9 Å². The van der Waals surface area contributed by atoms with Gasteiger partial charge in [-0.2, -0.15) is 0 Å². The molecule has 1 aliphatic rings. The lowest BCUT2D eigenvalue weighted by Gasteiger charge is -2.32. The van der Waals surface area contributed by atoms with E-state index in [0.717, 1.165) is 18.5 Å². The third-order valence-electron chi connectivity index (χ3n) is 4.56. The zero-order valence-corrected chi connectivity index (χ0v) is 13.0. The maximum atomic E-state index is 10.4. The van der Waals surface area contributed by atoms with E-state index in [-0.39, 0.29) is 6.10 Å². The van der Waals surface area contributed by atoms with Crippen LogP contribution in [0.5, 0.6) is 0 Å². The molecule has 0 heterocycles. The molecule has 0 saturated heterocycles. The van der Waals surface area contributed by atoms with E-state index >= 15 is 0 Å². The molecular formula is C18H29NO. The van der Waals surface area contributed by atoms with Crippen LogP contribution in [-0.4, -0.2) is 29.6 Å². The first-order chi connectivity index (χ1) is 9.70. The van der Waals surface area contributed by atoms with E-state index in [1.54, 1.807) is 0 Å². The minimum Gasteiger partial charge on any atom is -0.387 e. The first kappa shape index (κ1) is 15.5. The third-order valence-corrected chi connectivity index (χ3v) is 4.56. The Hall–Kier alpha value is -0.860. The lowest BCUT2D eigenvalue weighted by atomic mass is 9.94. The van der Waals surface area contributed by atoms with Crippen LogP contribution in [0.1, 0.15) is 62.7 Å². The number of benzene rings is 1. The number of likely N-dealkylation sites (N-methyl/N-ethyl adjacent to an activating group) is 1. The standard InChI is InChI=1S/C18H29NO/c1-3-7-15-10-12-16(13-11-15)18(20)14-19(2)17-8-5-4-6-9-17/h10-13,17-18,20H,3-9,14H2,1-2H3. The minimum absolute atomic E-state index is 0.363. The molecule has 1 unspecified atom stereocenters. The summed E-state index contributed by atoms with van der Waals surface area (Å²) in [6.07, 6.45) is 8.58. The fourth-order valence-corrected chi connectivity index (χ4v) is 3.24. The molecule has 1 aromatic rings. The van der Waals surface area contributed by atoms with Crippen LogP contribution in [0.4, 0.5) is 0 Å². The highest BCUT2D eigenvalue weighted by molar-refractivity contribution is 5.24. The molecule has 1 N–H and O–H groups in total. The maximum absolute atomic E-state index is 10.4. The van der Waals surface area contributed by atoms with Crippen molar-refractivity contribution in [3.63, 3.8) is 0 Å². The summed E-state index contributed by atoms with van der Waals surface area (Å²) in [5.74, 6) is 0. The average Bonchev–Trinajstić information content (AvgIpc) is 2.49. The Morgan fingerprint density at radius 2 is 1.80 bits per heavy atom. The van der Waals surface area contributed by atoms with E-state index in [1.165, 1.54) is 44.1 Å². The van der Waals surface area contributed by atoms with E-state index in [4.69, 9.17) is 0 Å². The van der Waals surface area contributed by atoms with Gasteiger partial charge in [0.05, 0.1) is 6.10 Å². The second-order valence-corrected chi connectivity index (χ2v) is 6.24. The van der Waals surface area contributed by atoms with Gasteiger partial charge < -0.3 is 10.0 Å². The summed E-state index contributed by atoms with van der Waals surface area (Å²) in [5, 5.41) is 10.4. The number of nitrogens with zero attached hydrogens (tertiary/aromatic N) is 1. The Kier molecular flexibility index (Phi) is 6.06. The lowest BCUT2D eigenvalue weighted by Crippen LogP contribution is -2.36. The van der Waals surface area contributed by atoms with E-state index in [2.05, 4.69) is 43.1 Å². The highest BCUT2D eigenvalue weighted by Crippen LogP contribution is 2.24. The SMILES string of the molecule is CCCc1ccc(C(O)CN(C)C2CCCCC2)cc1. The molecule has 112 valence electrons. The van der Waals surface area contributed by atoms with Gasteiger partial charge in [0.2, 0.25) is 0 Å². The largest absolute Gasteiger partial charge is 0.387 e. The summed E-state index contributed by atoms with van der Waals surface area (Å²) in [6.45, 7) is 2.94. The summed E-state index contributed by atoms with van der Waals surface area (Å²) in [5.41, 5.74) is 2.41. The van der Waals surface area contributed by atoms with Crippen LogP contribution in [0, 0.1) is 0 Å². The molecule has 0 aromatic heterocycles. The van der Waals surface area contributed by atoms with Crippen molar-refractivity contribution in [3.8, 4) is 0 Å². The lowest BCUT2D eigenvalue weighted by molar-refractivity contribution is 0.0914. The molecular weight excluding hydrogens is 246 g/mol. The second-order valence-electron chi connectivity index (χ2n) is 6.24. The summed E-state index contributed by atoms with van der Waals surface area (Å²) >= 11 is 0. The van der Waals surface area contributed by atoms with Crippen molar-refractivity contribution in [2.75, 3.05) is 13.6 Å². The smallest absolute Gasteiger partial charge is 0.0916 e. The van der Waals surface area contributed by atoms with E-state index < -0.39 is 0 Å². The first-order valence-electron chi connectivity index (χ1n) is 8.18. The zero-order valence-electron chi connectivity index (χ0n) is 13.0. The molecule has 2 heteroatoms. The predicted octanol–water partition coefficient (Wildman–Crippen LogP) is 3.94. The van der Waals surface area contributed by atoms with Crippen LogP contribution >= 0.6 is 0 Å². The van der Waals surface area contributed by atoms with Gasteiger partial charge in [0, 0.05) is 12.6 Å². The van der Waals surface area contributed by atoms with Crippen molar-refractivity contribution in [2.24, 2.45) is 0 Å². The summed E-state index contributed by atoms with van der Waals surface area (Å²) in [4.78, 5) is 2.35. The Morgan fingerprint density at radius 1 is 1.15 bits per heavy atom. The Bertz CT molecular complexity index is 381. The molecule has 1 aliphatic carbocycles. The summed E-state index contributed by atoms with van der Waals surface area (Å²) < 4.78 is 0. The molecule has 2 rings (SSSR count). The number of aryl methyl sites for hydroxylation is 1. The molecule has 2 nitrogen and oxygen atoms in total. The molecule has 0 bridgehead atoms. The van der Waals surface area contributed by atoms with Gasteiger partial charge in [0.25, 0.3) is 0 Å². The van der Waals surface area contributed by atoms with Crippen LogP contribution in [-0.2, 0) is 6.42 Å². The first-order valence-corrected chi connectivity index (χ1v) is 8.18. The van der Waals surface area contributed by atoms with Gasteiger partial charge in [-0.15, -0.1) is 0 Å². The Balaban J connectivity index is 1.88. The van der Waals surface area contributed by atoms with Crippen molar-refractivity contribution in [3.05, 3.63) is 35.4 Å². The topological polar surface area (TPSA) is 23.5 Å². The normalized spacial score (nSPS) is 18.4. The molecule has 1 saturated carbocycles. The molecule has 0 spiro atoms. The van der Waals surface area contributed by atoms with Gasteiger partial charge >= 0.3 is 0 Å². The molecule has 0 aliphatic heterocycles. The van der Waals surface area contributed by atoms with Gasteiger partial charge in [-0.05, 0) is 37.4 Å². The zero-order chi connectivity index (χ0) is 14.4. The average molecular weight is 275 g/mol. The number of hydrogen-bond donors (Lipinski definition) is 1. The maximum Gasteiger partial charge on any atom is 0.0916 e. The molecule has 0 radical (unpaired) electrons. The molecule has 1 fully saturated rings. The Labute approximate surface area is 123 Å². The quantitative estimate of drug-likeness (QED) is 0.850. The van der Waals surface area contributed by atoms with Crippen molar-refractivity contribution >= 4 is 0 Å². The van der Waals surface area contributed by atoms with E-state index in [1.807, 2.05) is 0 Å². The van der Waals surface area contributed by atoms with Crippen LogP contribution in [0.15, 0.2) is 24.3 Å². The highest BCUT2D eigenvalue weighted by atomic mass is 16.3. The number of hydrogen-bond acceptors (Lipinski definition) is 2. The molecule has 1 aromatic carbocycles. The number of aliphatic hydroxyl groups excluding tert-OH is 1. The van der Waals surface area contributed by atoms with Crippen LogP contribution in [0.25, 0.3) is 0 Å². The van der Waals surface area contributed by atoms with Crippen molar-refractivity contribution < 1.29 is 5.11 Å². The fourth-order valence-electron chi connectivity index (χ4n) is 3.24. The third kappa shape index (κ3) is 4.32. The molecule has 1 atom stereocenters. The van der Waals surface area contributed by atoms with Crippen molar-refractivity contribution in [2.45, 2.75) is 64.0 Å². The molecule has 0 amide bonds. The van der Waals surface area contributed by atoms with E-state index in [9.17, 15) is 5.11 Å². The van der Waals surface area contributed by atoms with Crippen LogP contribution in [0.2, 0.25) is 0 Å². The fraction of sp³-hybridized carbons (Fsp3) is 0.667. The van der Waals surface area contributed by atoms with Crippen LogP contribution in [0.3, 0.4) is 0 Å². The monoisotopic (exact) mass is 275 g/mol. The van der Waals surface area contributed by atoms with Gasteiger partial charge in [-0.25, -0.2) is 0 Å².